The van der Waals surface area contributed by atoms with E-state index in [1.165, 1.54) is 29.2 Å². The van der Waals surface area contributed by atoms with Crippen LogP contribution in [0, 0.1) is 17.5 Å². The molecule has 0 spiro atoms. The highest BCUT2D eigenvalue weighted by Crippen LogP contribution is 2.21. The van der Waals surface area contributed by atoms with Crippen molar-refractivity contribution in [2.75, 3.05) is 17.1 Å². The van der Waals surface area contributed by atoms with Crippen LogP contribution < -0.4 is 9.62 Å². The Labute approximate surface area is 204 Å². The second-order valence-corrected chi connectivity index (χ2v) is 10.4. The van der Waals surface area contributed by atoms with Crippen LogP contribution in [0.25, 0.3) is 0 Å². The fourth-order valence-electron chi connectivity index (χ4n) is 3.42. The van der Waals surface area contributed by atoms with E-state index in [9.17, 15) is 31.2 Å². The molecule has 0 aliphatic heterocycles. The van der Waals surface area contributed by atoms with E-state index in [-0.39, 0.29) is 43.6 Å². The molecule has 0 aliphatic rings. The zero-order valence-corrected chi connectivity index (χ0v) is 20.9. The van der Waals surface area contributed by atoms with Gasteiger partial charge in [-0.05, 0) is 57.0 Å². The summed E-state index contributed by atoms with van der Waals surface area (Å²) in [4.78, 5) is 27.0. The van der Waals surface area contributed by atoms with Crippen LogP contribution >= 0.6 is 0 Å². The standard InChI is InChI=1S/C24H30F3N3O4S/c1-16(2)28-24(32)17(3)29(15-18-7-9-19(25)10-8-18)23(31)6-5-13-30(35(4,33)34)20-11-12-21(26)22(27)14-20/h7-12,14,16-17H,5-6,13,15H2,1-4H3,(H,28,32). The number of sulfonamides is 1. The molecule has 0 saturated carbocycles. The summed E-state index contributed by atoms with van der Waals surface area (Å²) in [7, 11) is -3.84. The van der Waals surface area contributed by atoms with Crippen LogP contribution in [0.5, 0.6) is 0 Å². The zero-order chi connectivity index (χ0) is 26.3. The summed E-state index contributed by atoms with van der Waals surface area (Å²) < 4.78 is 65.6. The predicted octanol–water partition coefficient (Wildman–Crippen LogP) is 3.59. The quantitative estimate of drug-likeness (QED) is 0.498. The molecular formula is C24H30F3N3O4S. The molecule has 0 aromatic heterocycles. The molecule has 0 fully saturated rings. The van der Waals surface area contributed by atoms with Crippen LogP contribution in [-0.2, 0) is 26.2 Å². The van der Waals surface area contributed by atoms with Gasteiger partial charge in [-0.15, -0.1) is 0 Å². The summed E-state index contributed by atoms with van der Waals surface area (Å²) in [5, 5.41) is 2.75. The van der Waals surface area contributed by atoms with Gasteiger partial charge < -0.3 is 10.2 Å². The first-order valence-electron chi connectivity index (χ1n) is 11.1. The molecule has 35 heavy (non-hydrogen) atoms. The highest BCUT2D eigenvalue weighted by molar-refractivity contribution is 7.92. The van der Waals surface area contributed by atoms with Crippen molar-refractivity contribution in [3.05, 3.63) is 65.5 Å². The minimum absolute atomic E-state index is 0.0464. The molecule has 2 amide bonds. The Morgan fingerprint density at radius 1 is 0.971 bits per heavy atom. The molecule has 7 nitrogen and oxygen atoms in total. The molecule has 192 valence electrons. The van der Waals surface area contributed by atoms with E-state index in [4.69, 9.17) is 0 Å². The molecule has 0 radical (unpaired) electrons. The molecule has 2 aromatic carbocycles. The molecule has 2 rings (SSSR count). The van der Waals surface area contributed by atoms with Crippen LogP contribution in [0.2, 0.25) is 0 Å². The van der Waals surface area contributed by atoms with Crippen LogP contribution in [-0.4, -0.2) is 50.0 Å². The van der Waals surface area contributed by atoms with Crippen LogP contribution in [0.3, 0.4) is 0 Å². The number of amides is 2. The van der Waals surface area contributed by atoms with E-state index in [0.29, 0.717) is 5.56 Å². The molecule has 1 atom stereocenters. The van der Waals surface area contributed by atoms with E-state index >= 15 is 0 Å². The van der Waals surface area contributed by atoms with Crippen LogP contribution in [0.4, 0.5) is 18.9 Å². The minimum atomic E-state index is -3.84. The first kappa shape index (κ1) is 28.2. The molecule has 11 heteroatoms. The molecule has 0 aliphatic carbocycles. The summed E-state index contributed by atoms with van der Waals surface area (Å²) in [6, 6.07) is 7.28. The van der Waals surface area contributed by atoms with Gasteiger partial charge in [0.25, 0.3) is 0 Å². The molecule has 1 unspecified atom stereocenters. The number of carbonyl (C=O) groups is 2. The third-order valence-electron chi connectivity index (χ3n) is 5.21. The number of benzene rings is 2. The average molecular weight is 514 g/mol. The lowest BCUT2D eigenvalue weighted by molar-refractivity contribution is -0.140. The summed E-state index contributed by atoms with van der Waals surface area (Å²) in [6.07, 6.45) is 0.870. The van der Waals surface area contributed by atoms with Crippen molar-refractivity contribution in [2.24, 2.45) is 0 Å². The van der Waals surface area contributed by atoms with E-state index in [1.54, 1.807) is 20.8 Å². The maximum Gasteiger partial charge on any atom is 0.242 e. The Morgan fingerprint density at radius 3 is 2.14 bits per heavy atom. The van der Waals surface area contributed by atoms with Gasteiger partial charge in [-0.1, -0.05) is 12.1 Å². The number of nitrogens with one attached hydrogen (secondary N) is 1. The van der Waals surface area contributed by atoms with Gasteiger partial charge in [0, 0.05) is 31.6 Å². The van der Waals surface area contributed by atoms with Gasteiger partial charge >= 0.3 is 0 Å². The van der Waals surface area contributed by atoms with Gasteiger partial charge in [0.2, 0.25) is 21.8 Å². The Morgan fingerprint density at radius 2 is 1.60 bits per heavy atom. The summed E-state index contributed by atoms with van der Waals surface area (Å²) in [6.45, 7) is 5.03. The van der Waals surface area contributed by atoms with E-state index in [2.05, 4.69) is 5.32 Å². The second-order valence-electron chi connectivity index (χ2n) is 8.52. The average Bonchev–Trinajstić information content (AvgIpc) is 2.76. The Balaban J connectivity index is 2.18. The molecule has 0 bridgehead atoms. The summed E-state index contributed by atoms with van der Waals surface area (Å²) in [5.74, 6) is -3.52. The lowest BCUT2D eigenvalue weighted by Crippen LogP contribution is -2.49. The van der Waals surface area contributed by atoms with E-state index in [0.717, 1.165) is 28.8 Å². The number of carbonyl (C=O) groups excluding carboxylic acids is 2. The number of halogens is 3. The number of rotatable bonds is 11. The fraction of sp³-hybridized carbons (Fsp3) is 0.417. The van der Waals surface area contributed by atoms with Crippen LogP contribution in [0.15, 0.2) is 42.5 Å². The lowest BCUT2D eigenvalue weighted by atomic mass is 10.1. The monoisotopic (exact) mass is 513 g/mol. The zero-order valence-electron chi connectivity index (χ0n) is 20.1. The molecular weight excluding hydrogens is 483 g/mol. The largest absolute Gasteiger partial charge is 0.352 e. The predicted molar refractivity (Wildman–Crippen MR) is 127 cm³/mol. The Hall–Kier alpha value is -3.08. The van der Waals surface area contributed by atoms with Gasteiger partial charge in [-0.25, -0.2) is 21.6 Å². The Kier molecular flexibility index (Phi) is 9.70. The maximum atomic E-state index is 13.7. The second kappa shape index (κ2) is 12.1. The molecule has 1 N–H and O–H groups in total. The third-order valence-corrected chi connectivity index (χ3v) is 6.40. The molecule has 0 saturated heterocycles. The summed E-state index contributed by atoms with van der Waals surface area (Å²) >= 11 is 0. The first-order chi connectivity index (χ1) is 16.3. The van der Waals surface area contributed by atoms with E-state index in [1.807, 2.05) is 0 Å². The number of anilines is 1. The van der Waals surface area contributed by atoms with Gasteiger partial charge in [0.1, 0.15) is 11.9 Å². The van der Waals surface area contributed by atoms with Gasteiger partial charge in [0.15, 0.2) is 11.6 Å². The fourth-order valence-corrected chi connectivity index (χ4v) is 4.38. The normalized spacial score (nSPS) is 12.3. The van der Waals surface area contributed by atoms with Crippen molar-refractivity contribution in [1.82, 2.24) is 10.2 Å². The lowest BCUT2D eigenvalue weighted by Gasteiger charge is -2.30. The topological polar surface area (TPSA) is 86.8 Å². The van der Waals surface area contributed by atoms with Gasteiger partial charge in [-0.3, -0.25) is 13.9 Å². The van der Waals surface area contributed by atoms with Crippen molar-refractivity contribution in [3.8, 4) is 0 Å². The van der Waals surface area contributed by atoms with Crippen molar-refractivity contribution < 1.29 is 31.2 Å². The smallest absolute Gasteiger partial charge is 0.242 e. The van der Waals surface area contributed by atoms with Crippen molar-refractivity contribution in [1.29, 1.82) is 0 Å². The van der Waals surface area contributed by atoms with Gasteiger partial charge in [-0.2, -0.15) is 0 Å². The van der Waals surface area contributed by atoms with Gasteiger partial charge in [0.05, 0.1) is 11.9 Å². The third kappa shape index (κ3) is 8.27. The minimum Gasteiger partial charge on any atom is -0.352 e. The SMILES string of the molecule is CC(C)NC(=O)C(C)N(Cc1ccc(F)cc1)C(=O)CCCN(c1ccc(F)c(F)c1)S(C)(=O)=O. The molecule has 2 aromatic rings. The first-order valence-corrected chi connectivity index (χ1v) is 12.9. The highest BCUT2D eigenvalue weighted by atomic mass is 32.2. The number of hydrogen-bond donors (Lipinski definition) is 1. The Bertz CT molecular complexity index is 1140. The van der Waals surface area contributed by atoms with Crippen molar-refractivity contribution in [2.45, 2.75) is 52.2 Å². The summed E-state index contributed by atoms with van der Waals surface area (Å²) in [5.41, 5.74) is 0.551. The van der Waals surface area contributed by atoms with Crippen molar-refractivity contribution in [3.63, 3.8) is 0 Å². The molecule has 0 heterocycles. The van der Waals surface area contributed by atoms with Crippen molar-refractivity contribution >= 4 is 27.5 Å². The van der Waals surface area contributed by atoms with Crippen LogP contribution in [0.1, 0.15) is 39.2 Å². The number of nitrogens with zero attached hydrogens (tertiary/aromatic N) is 2. The number of hydrogen-bond acceptors (Lipinski definition) is 4. The highest BCUT2D eigenvalue weighted by Gasteiger charge is 2.27. The maximum absolute atomic E-state index is 13.7. The van der Waals surface area contributed by atoms with E-state index < -0.39 is 39.4 Å².